The average molecular weight is 259 g/mol. The van der Waals surface area contributed by atoms with E-state index >= 15 is 0 Å². The molecule has 0 fully saturated rings. The highest BCUT2D eigenvalue weighted by Crippen LogP contribution is 2.23. The van der Waals surface area contributed by atoms with E-state index in [0.717, 1.165) is 10.2 Å². The molecule has 7 heteroatoms. The molecule has 0 aliphatic carbocycles. The number of rotatable bonds is 2. The van der Waals surface area contributed by atoms with Crippen molar-refractivity contribution < 1.29 is 0 Å². The first-order valence-corrected chi connectivity index (χ1v) is 5.72. The fourth-order valence-corrected chi connectivity index (χ4v) is 2.37. The number of fused-ring (bicyclic) bond motifs is 1. The van der Waals surface area contributed by atoms with Gasteiger partial charge in [0.15, 0.2) is 3.95 Å². The molecular weight excluding hydrogens is 254 g/mol. The Hall–Kier alpha value is -2.22. The molecule has 0 amide bonds. The molecule has 5 nitrogen and oxygen atoms in total. The highest BCUT2D eigenvalue weighted by Gasteiger charge is 1.99. The van der Waals surface area contributed by atoms with E-state index in [2.05, 4.69) is 15.5 Å². The zero-order valence-electron chi connectivity index (χ0n) is 8.39. The lowest BCUT2D eigenvalue weighted by Gasteiger charge is -1.98. The van der Waals surface area contributed by atoms with Crippen LogP contribution in [0.5, 0.6) is 0 Å². The van der Waals surface area contributed by atoms with Crippen molar-refractivity contribution in [2.24, 2.45) is 5.10 Å². The molecule has 2 aromatic rings. The molecule has 0 saturated heterocycles. The number of aromatic amines is 1. The van der Waals surface area contributed by atoms with Crippen molar-refractivity contribution in [1.82, 2.24) is 4.98 Å². The minimum Gasteiger partial charge on any atom is -0.337 e. The molecule has 0 unspecified atom stereocenters. The number of thiazole rings is 1. The van der Waals surface area contributed by atoms with E-state index in [0.29, 0.717) is 9.64 Å². The summed E-state index contributed by atoms with van der Waals surface area (Å²) in [5.74, 6) is 0. The molecule has 17 heavy (non-hydrogen) atoms. The maximum atomic E-state index is 8.52. The van der Waals surface area contributed by atoms with E-state index < -0.39 is 0 Å². The van der Waals surface area contributed by atoms with Crippen molar-refractivity contribution in [3.8, 4) is 12.1 Å². The number of hydrazone groups is 1. The van der Waals surface area contributed by atoms with Crippen LogP contribution >= 0.6 is 23.6 Å². The van der Waals surface area contributed by atoms with Crippen LogP contribution in [-0.2, 0) is 0 Å². The molecule has 0 aliphatic rings. The Kier molecular flexibility index (Phi) is 3.15. The third-order valence-electron chi connectivity index (χ3n) is 1.93. The Labute approximate surface area is 106 Å². The maximum absolute atomic E-state index is 8.52. The summed E-state index contributed by atoms with van der Waals surface area (Å²) >= 11 is 6.48. The lowest BCUT2D eigenvalue weighted by atomic mass is 10.3. The number of hydrogen-bond donors (Lipinski definition) is 2. The minimum absolute atomic E-state index is 0.216. The maximum Gasteiger partial charge on any atom is 0.237 e. The van der Waals surface area contributed by atoms with Gasteiger partial charge in [-0.2, -0.15) is 15.6 Å². The first kappa shape index (κ1) is 11.3. The van der Waals surface area contributed by atoms with E-state index in [1.807, 2.05) is 12.1 Å². The molecule has 1 aromatic carbocycles. The SMILES string of the molecule is N#CC(C#N)=NNc1ccc2[nH]c(=S)sc2c1. The molecular formula is C10H5N5S2. The number of benzene rings is 1. The Bertz CT molecular complexity index is 709. The lowest BCUT2D eigenvalue weighted by molar-refractivity contribution is 1.34. The molecule has 1 aromatic heterocycles. The average Bonchev–Trinajstić information content (AvgIpc) is 2.69. The molecule has 82 valence electrons. The smallest absolute Gasteiger partial charge is 0.237 e. The van der Waals surface area contributed by atoms with Gasteiger partial charge >= 0.3 is 0 Å². The van der Waals surface area contributed by atoms with Gasteiger partial charge in [0, 0.05) is 0 Å². The third-order valence-corrected chi connectivity index (χ3v) is 3.13. The Morgan fingerprint density at radius 2 is 2.18 bits per heavy atom. The van der Waals surface area contributed by atoms with Gasteiger partial charge in [-0.25, -0.2) is 0 Å². The zero-order valence-corrected chi connectivity index (χ0v) is 10.0. The Morgan fingerprint density at radius 3 is 2.88 bits per heavy atom. The van der Waals surface area contributed by atoms with Crippen LogP contribution in [0.4, 0.5) is 5.69 Å². The fraction of sp³-hybridized carbons (Fsp3) is 0. The molecule has 0 saturated carbocycles. The van der Waals surface area contributed by atoms with Gasteiger partial charge < -0.3 is 4.98 Å². The molecule has 1 heterocycles. The molecule has 0 aliphatic heterocycles. The summed E-state index contributed by atoms with van der Waals surface area (Å²) in [4.78, 5) is 3.04. The van der Waals surface area contributed by atoms with Gasteiger partial charge in [0.2, 0.25) is 5.71 Å². The van der Waals surface area contributed by atoms with Crippen molar-refractivity contribution in [2.75, 3.05) is 5.43 Å². The summed E-state index contributed by atoms with van der Waals surface area (Å²) in [5, 5.41) is 20.7. The number of hydrogen-bond acceptors (Lipinski definition) is 6. The summed E-state index contributed by atoms with van der Waals surface area (Å²) in [6.07, 6.45) is 0. The Balaban J connectivity index is 2.32. The van der Waals surface area contributed by atoms with Crippen LogP contribution in [0.3, 0.4) is 0 Å². The number of nitrogens with zero attached hydrogens (tertiary/aromatic N) is 3. The van der Waals surface area contributed by atoms with E-state index in [1.165, 1.54) is 11.3 Å². The first-order chi connectivity index (χ1) is 8.22. The fourth-order valence-electron chi connectivity index (χ4n) is 1.21. The van der Waals surface area contributed by atoms with E-state index in [-0.39, 0.29) is 5.71 Å². The minimum atomic E-state index is -0.216. The highest BCUT2D eigenvalue weighted by atomic mass is 32.1. The largest absolute Gasteiger partial charge is 0.337 e. The van der Waals surface area contributed by atoms with Crippen LogP contribution in [0.2, 0.25) is 0 Å². The van der Waals surface area contributed by atoms with Gasteiger partial charge in [-0.3, -0.25) is 5.43 Å². The third kappa shape index (κ3) is 2.48. The van der Waals surface area contributed by atoms with E-state index in [9.17, 15) is 0 Å². The van der Waals surface area contributed by atoms with Crippen LogP contribution in [0.15, 0.2) is 23.3 Å². The van der Waals surface area contributed by atoms with Gasteiger partial charge in [0.1, 0.15) is 12.1 Å². The number of nitrogens with one attached hydrogen (secondary N) is 2. The normalized spacial score (nSPS) is 9.29. The van der Waals surface area contributed by atoms with Crippen LogP contribution in [0, 0.1) is 26.6 Å². The van der Waals surface area contributed by atoms with Crippen LogP contribution < -0.4 is 5.43 Å². The van der Waals surface area contributed by atoms with Crippen molar-refractivity contribution in [3.05, 3.63) is 22.2 Å². The molecule has 2 N–H and O–H groups in total. The van der Waals surface area contributed by atoms with Gasteiger partial charge in [-0.15, -0.1) is 11.3 Å². The predicted molar refractivity (Wildman–Crippen MR) is 69.3 cm³/mol. The molecule has 0 radical (unpaired) electrons. The quantitative estimate of drug-likeness (QED) is 0.493. The van der Waals surface area contributed by atoms with Crippen LogP contribution in [0.25, 0.3) is 10.2 Å². The van der Waals surface area contributed by atoms with Gasteiger partial charge in [-0.05, 0) is 30.4 Å². The van der Waals surface area contributed by atoms with Crippen molar-refractivity contribution in [2.45, 2.75) is 0 Å². The monoisotopic (exact) mass is 259 g/mol. The number of anilines is 1. The summed E-state index contributed by atoms with van der Waals surface area (Å²) < 4.78 is 1.70. The summed E-state index contributed by atoms with van der Waals surface area (Å²) in [7, 11) is 0. The summed E-state index contributed by atoms with van der Waals surface area (Å²) in [6, 6.07) is 8.84. The van der Waals surface area contributed by atoms with Gasteiger partial charge in [0.25, 0.3) is 0 Å². The molecule has 2 rings (SSSR count). The second-order valence-electron chi connectivity index (χ2n) is 3.02. The molecule has 0 atom stereocenters. The van der Waals surface area contributed by atoms with Gasteiger partial charge in [-0.1, -0.05) is 0 Å². The number of nitriles is 2. The molecule has 0 spiro atoms. The topological polar surface area (TPSA) is 87.8 Å². The van der Waals surface area contributed by atoms with Crippen LogP contribution in [-0.4, -0.2) is 10.7 Å². The summed E-state index contributed by atoms with van der Waals surface area (Å²) in [5.41, 5.74) is 4.09. The van der Waals surface area contributed by atoms with Crippen molar-refractivity contribution >= 4 is 45.2 Å². The first-order valence-electron chi connectivity index (χ1n) is 4.49. The second-order valence-corrected chi connectivity index (χ2v) is 4.74. The zero-order chi connectivity index (χ0) is 12.3. The summed E-state index contributed by atoms with van der Waals surface area (Å²) in [6.45, 7) is 0. The van der Waals surface area contributed by atoms with Crippen molar-refractivity contribution in [1.29, 1.82) is 10.5 Å². The second kappa shape index (κ2) is 4.74. The lowest BCUT2D eigenvalue weighted by Crippen LogP contribution is -1.95. The van der Waals surface area contributed by atoms with Crippen molar-refractivity contribution in [3.63, 3.8) is 0 Å². The predicted octanol–water partition coefficient (Wildman–Crippen LogP) is 2.77. The van der Waals surface area contributed by atoms with E-state index in [4.69, 9.17) is 22.7 Å². The van der Waals surface area contributed by atoms with Crippen LogP contribution in [0.1, 0.15) is 0 Å². The van der Waals surface area contributed by atoms with Gasteiger partial charge in [0.05, 0.1) is 15.9 Å². The highest BCUT2D eigenvalue weighted by molar-refractivity contribution is 7.73. The standard InChI is InChI=1S/C10H5N5S2/c11-4-7(5-12)15-14-6-1-2-8-9(3-6)17-10(16)13-8/h1-3,14H,(H,13,16). The number of H-pyrrole nitrogens is 1. The Morgan fingerprint density at radius 1 is 1.41 bits per heavy atom. The molecule has 0 bridgehead atoms. The number of aromatic nitrogens is 1. The van der Waals surface area contributed by atoms with E-state index in [1.54, 1.807) is 18.2 Å².